The summed E-state index contributed by atoms with van der Waals surface area (Å²) in [4.78, 5) is 62.5. The SMILES string of the molecule is Cc1cn(CC(=O)N2CC(NC(=O)OC(C)(C)C)C[C@H]2C(=O)O)c(=O)[nH]c1=O. The third-order valence-corrected chi connectivity index (χ3v) is 4.12. The lowest BCUT2D eigenvalue weighted by molar-refractivity contribution is -0.148. The number of aliphatic carboxylic acids is 1. The van der Waals surface area contributed by atoms with Gasteiger partial charge in [0.2, 0.25) is 5.91 Å². The molecule has 0 saturated carbocycles. The minimum Gasteiger partial charge on any atom is -0.480 e. The Labute approximate surface area is 160 Å². The minimum atomic E-state index is -1.22. The van der Waals surface area contributed by atoms with Crippen molar-refractivity contribution in [1.82, 2.24) is 19.8 Å². The number of carbonyl (C=O) groups is 3. The molecule has 154 valence electrons. The van der Waals surface area contributed by atoms with Gasteiger partial charge >= 0.3 is 17.8 Å². The van der Waals surface area contributed by atoms with E-state index < -0.39 is 53.4 Å². The summed E-state index contributed by atoms with van der Waals surface area (Å²) in [6, 6.07) is -1.75. The molecule has 11 heteroatoms. The van der Waals surface area contributed by atoms with Crippen LogP contribution in [0.25, 0.3) is 0 Å². The van der Waals surface area contributed by atoms with Crippen LogP contribution < -0.4 is 16.6 Å². The number of H-pyrrole nitrogens is 1. The first-order chi connectivity index (χ1) is 12.9. The Kier molecular flexibility index (Phi) is 5.95. The average Bonchev–Trinajstić information content (AvgIpc) is 2.94. The van der Waals surface area contributed by atoms with E-state index in [1.807, 2.05) is 0 Å². The summed E-state index contributed by atoms with van der Waals surface area (Å²) in [7, 11) is 0. The van der Waals surface area contributed by atoms with Crippen LogP contribution in [0.1, 0.15) is 32.8 Å². The fourth-order valence-electron chi connectivity index (χ4n) is 2.90. The van der Waals surface area contributed by atoms with E-state index in [0.717, 1.165) is 9.47 Å². The van der Waals surface area contributed by atoms with Gasteiger partial charge in [-0.2, -0.15) is 0 Å². The van der Waals surface area contributed by atoms with Gasteiger partial charge in [0.25, 0.3) is 5.56 Å². The van der Waals surface area contributed by atoms with Gasteiger partial charge in [0.15, 0.2) is 0 Å². The molecule has 2 amide bonds. The topological polar surface area (TPSA) is 151 Å². The van der Waals surface area contributed by atoms with Crippen molar-refractivity contribution in [2.75, 3.05) is 6.54 Å². The molecular formula is C17H24N4O7. The van der Waals surface area contributed by atoms with Gasteiger partial charge in [-0.05, 0) is 27.7 Å². The predicted octanol–water partition coefficient (Wildman–Crippen LogP) is -0.576. The molecule has 1 saturated heterocycles. The van der Waals surface area contributed by atoms with E-state index in [-0.39, 0.29) is 18.5 Å². The van der Waals surface area contributed by atoms with Gasteiger partial charge in [0, 0.05) is 24.7 Å². The highest BCUT2D eigenvalue weighted by atomic mass is 16.6. The molecule has 1 unspecified atom stereocenters. The Morgan fingerprint density at radius 1 is 1.32 bits per heavy atom. The molecule has 1 aromatic heterocycles. The second-order valence-electron chi connectivity index (χ2n) is 7.68. The predicted molar refractivity (Wildman–Crippen MR) is 97.0 cm³/mol. The Morgan fingerprint density at radius 2 is 1.96 bits per heavy atom. The lowest BCUT2D eigenvalue weighted by atomic mass is 10.1. The molecule has 11 nitrogen and oxygen atoms in total. The Bertz CT molecular complexity index is 896. The number of aromatic nitrogens is 2. The average molecular weight is 396 g/mol. The zero-order valence-electron chi connectivity index (χ0n) is 16.1. The van der Waals surface area contributed by atoms with Crippen molar-refractivity contribution in [3.05, 3.63) is 32.6 Å². The van der Waals surface area contributed by atoms with E-state index in [9.17, 15) is 29.1 Å². The first-order valence-corrected chi connectivity index (χ1v) is 8.69. The van der Waals surface area contributed by atoms with Crippen molar-refractivity contribution in [3.63, 3.8) is 0 Å². The summed E-state index contributed by atoms with van der Waals surface area (Å²) in [5.41, 5.74) is -1.79. The zero-order valence-corrected chi connectivity index (χ0v) is 16.1. The van der Waals surface area contributed by atoms with Gasteiger partial charge in [-0.25, -0.2) is 14.4 Å². The molecule has 1 aliphatic heterocycles. The molecular weight excluding hydrogens is 372 g/mol. The molecule has 1 aliphatic rings. The smallest absolute Gasteiger partial charge is 0.407 e. The standard InChI is InChI=1S/C17H24N4O7/c1-9-6-20(15(26)19-13(9)23)8-12(22)21-7-10(5-11(21)14(24)25)18-16(27)28-17(2,3)4/h6,10-11H,5,7-8H2,1-4H3,(H,18,27)(H,24,25)(H,19,23,26)/t10?,11-/m0/s1. The molecule has 0 aromatic carbocycles. The highest BCUT2D eigenvalue weighted by Crippen LogP contribution is 2.19. The van der Waals surface area contributed by atoms with Crippen LogP contribution in [0.2, 0.25) is 0 Å². The van der Waals surface area contributed by atoms with Gasteiger partial charge < -0.3 is 20.1 Å². The molecule has 0 aliphatic carbocycles. The number of carboxylic acid groups (broad SMARTS) is 1. The number of hydrogen-bond acceptors (Lipinski definition) is 6. The number of alkyl carbamates (subject to hydrolysis) is 1. The minimum absolute atomic E-state index is 0.0138. The van der Waals surface area contributed by atoms with Crippen LogP contribution in [0.4, 0.5) is 4.79 Å². The number of likely N-dealkylation sites (tertiary alicyclic amines) is 1. The van der Waals surface area contributed by atoms with E-state index in [2.05, 4.69) is 10.3 Å². The number of nitrogens with one attached hydrogen (secondary N) is 2. The second kappa shape index (κ2) is 7.87. The van der Waals surface area contributed by atoms with Crippen LogP contribution in [0.5, 0.6) is 0 Å². The fraction of sp³-hybridized carbons (Fsp3) is 0.588. The van der Waals surface area contributed by atoms with E-state index in [1.54, 1.807) is 20.8 Å². The molecule has 0 radical (unpaired) electrons. The first kappa shape index (κ1) is 21.2. The summed E-state index contributed by atoms with van der Waals surface area (Å²) in [5.74, 6) is -1.83. The van der Waals surface area contributed by atoms with Crippen LogP contribution in [-0.2, 0) is 20.9 Å². The van der Waals surface area contributed by atoms with Crippen LogP contribution in [0.15, 0.2) is 15.8 Å². The molecule has 1 aromatic rings. The van der Waals surface area contributed by atoms with Gasteiger partial charge in [0.1, 0.15) is 18.2 Å². The fourth-order valence-corrected chi connectivity index (χ4v) is 2.90. The van der Waals surface area contributed by atoms with Crippen molar-refractivity contribution in [2.24, 2.45) is 0 Å². The molecule has 0 spiro atoms. The maximum atomic E-state index is 12.6. The highest BCUT2D eigenvalue weighted by molar-refractivity contribution is 5.84. The quantitative estimate of drug-likeness (QED) is 0.616. The summed E-state index contributed by atoms with van der Waals surface area (Å²) in [6.45, 7) is 6.10. The molecule has 2 heterocycles. The summed E-state index contributed by atoms with van der Waals surface area (Å²) < 4.78 is 6.15. The van der Waals surface area contributed by atoms with Crippen LogP contribution >= 0.6 is 0 Å². The van der Waals surface area contributed by atoms with E-state index in [1.165, 1.54) is 13.1 Å². The Balaban J connectivity index is 2.12. The van der Waals surface area contributed by atoms with Crippen LogP contribution in [0, 0.1) is 6.92 Å². The number of carbonyl (C=O) groups excluding carboxylic acids is 2. The van der Waals surface area contributed by atoms with Gasteiger partial charge in [-0.1, -0.05) is 0 Å². The lowest BCUT2D eigenvalue weighted by Crippen LogP contribution is -2.45. The molecule has 3 N–H and O–H groups in total. The maximum Gasteiger partial charge on any atom is 0.407 e. The summed E-state index contributed by atoms with van der Waals surface area (Å²) >= 11 is 0. The normalized spacial score (nSPS) is 19.4. The van der Waals surface area contributed by atoms with E-state index >= 15 is 0 Å². The summed E-state index contributed by atoms with van der Waals surface area (Å²) in [5, 5.41) is 12.0. The number of hydrogen-bond donors (Lipinski definition) is 3. The van der Waals surface area contributed by atoms with Crippen molar-refractivity contribution < 1.29 is 24.2 Å². The molecule has 0 bridgehead atoms. The van der Waals surface area contributed by atoms with Crippen molar-refractivity contribution >= 4 is 18.0 Å². The Hall–Kier alpha value is -3.11. The highest BCUT2D eigenvalue weighted by Gasteiger charge is 2.40. The molecule has 1 fully saturated rings. The molecule has 28 heavy (non-hydrogen) atoms. The number of nitrogens with zero attached hydrogens (tertiary/aromatic N) is 2. The van der Waals surface area contributed by atoms with Crippen molar-refractivity contribution in [3.8, 4) is 0 Å². The second-order valence-corrected chi connectivity index (χ2v) is 7.68. The summed E-state index contributed by atoms with van der Waals surface area (Å²) in [6.07, 6.45) is 0.546. The van der Waals surface area contributed by atoms with Gasteiger partial charge in [-0.3, -0.25) is 19.1 Å². The largest absolute Gasteiger partial charge is 0.480 e. The number of amides is 2. The van der Waals surface area contributed by atoms with Gasteiger partial charge in [0.05, 0.1) is 6.04 Å². The van der Waals surface area contributed by atoms with Crippen molar-refractivity contribution in [1.29, 1.82) is 0 Å². The number of carboxylic acids is 1. The van der Waals surface area contributed by atoms with E-state index in [4.69, 9.17) is 4.74 Å². The third kappa shape index (κ3) is 5.21. The molecule has 2 atom stereocenters. The van der Waals surface area contributed by atoms with Crippen molar-refractivity contribution in [2.45, 2.75) is 58.3 Å². The zero-order chi connectivity index (χ0) is 21.2. The third-order valence-electron chi connectivity index (χ3n) is 4.12. The number of rotatable bonds is 4. The maximum absolute atomic E-state index is 12.6. The number of ether oxygens (including phenoxy) is 1. The monoisotopic (exact) mass is 396 g/mol. The molecule has 2 rings (SSSR count). The van der Waals surface area contributed by atoms with Crippen LogP contribution in [-0.4, -0.2) is 61.8 Å². The van der Waals surface area contributed by atoms with Crippen LogP contribution in [0.3, 0.4) is 0 Å². The van der Waals surface area contributed by atoms with E-state index in [0.29, 0.717) is 0 Å². The lowest BCUT2D eigenvalue weighted by Gasteiger charge is -2.22. The number of aromatic amines is 1. The Morgan fingerprint density at radius 3 is 2.54 bits per heavy atom. The first-order valence-electron chi connectivity index (χ1n) is 8.69. The van der Waals surface area contributed by atoms with Gasteiger partial charge in [-0.15, -0.1) is 0 Å². The number of aryl methyl sites for hydroxylation is 1.